The minimum Gasteiger partial charge on any atom is -0.481 e. The van der Waals surface area contributed by atoms with Crippen LogP contribution in [0.3, 0.4) is 0 Å². The Bertz CT molecular complexity index is 472. The number of carbonyl (C=O) groups is 1. The van der Waals surface area contributed by atoms with E-state index in [2.05, 4.69) is 4.72 Å². The van der Waals surface area contributed by atoms with Crippen LogP contribution in [-0.4, -0.2) is 31.1 Å². The largest absolute Gasteiger partial charge is 0.481 e. The molecule has 0 saturated heterocycles. The Morgan fingerprint density at radius 1 is 1.56 bits per heavy atom. The zero-order valence-electron chi connectivity index (χ0n) is 9.50. The van der Waals surface area contributed by atoms with E-state index in [0.29, 0.717) is 11.3 Å². The van der Waals surface area contributed by atoms with Gasteiger partial charge in [-0.25, -0.2) is 13.1 Å². The number of carboxylic acid groups (broad SMARTS) is 1. The molecule has 0 aromatic carbocycles. The summed E-state index contributed by atoms with van der Waals surface area (Å²) < 4.78 is 25.8. The Morgan fingerprint density at radius 3 is 2.78 bits per heavy atom. The standard InChI is InChI=1S/C10H14ClNO4S2/c11-4-2-6-18(15,16)12-8(7-10(13)14)9-3-1-5-17-9/h1,3,5,8,12H,2,4,6-7H2,(H,13,14). The summed E-state index contributed by atoms with van der Waals surface area (Å²) in [6.07, 6.45) is 0.0573. The van der Waals surface area contributed by atoms with Crippen molar-refractivity contribution in [3.63, 3.8) is 0 Å². The highest BCUT2D eigenvalue weighted by atomic mass is 35.5. The topological polar surface area (TPSA) is 83.5 Å². The summed E-state index contributed by atoms with van der Waals surface area (Å²) in [5, 5.41) is 10.6. The van der Waals surface area contributed by atoms with E-state index >= 15 is 0 Å². The Hall–Kier alpha value is -0.630. The first-order valence-corrected chi connectivity index (χ1v) is 8.32. The normalized spacial score (nSPS) is 13.4. The van der Waals surface area contributed by atoms with E-state index in [1.807, 2.05) is 0 Å². The molecule has 2 N–H and O–H groups in total. The van der Waals surface area contributed by atoms with Crippen LogP contribution in [0.15, 0.2) is 17.5 Å². The molecule has 1 aromatic heterocycles. The Morgan fingerprint density at radius 2 is 2.28 bits per heavy atom. The van der Waals surface area contributed by atoms with Gasteiger partial charge in [0.15, 0.2) is 0 Å². The van der Waals surface area contributed by atoms with Crippen LogP contribution in [0.25, 0.3) is 0 Å². The Labute approximate surface area is 115 Å². The molecule has 102 valence electrons. The number of hydrogen-bond donors (Lipinski definition) is 2. The van der Waals surface area contributed by atoms with Crippen molar-refractivity contribution < 1.29 is 18.3 Å². The molecule has 0 fully saturated rings. The summed E-state index contributed by atoms with van der Waals surface area (Å²) >= 11 is 6.76. The number of thiophene rings is 1. The van der Waals surface area contributed by atoms with E-state index in [1.165, 1.54) is 11.3 Å². The number of sulfonamides is 1. The minimum absolute atomic E-state index is 0.0992. The fraction of sp³-hybridized carbons (Fsp3) is 0.500. The van der Waals surface area contributed by atoms with E-state index in [0.717, 1.165) is 0 Å². The van der Waals surface area contributed by atoms with E-state index in [9.17, 15) is 13.2 Å². The van der Waals surface area contributed by atoms with Gasteiger partial charge in [0.25, 0.3) is 0 Å². The van der Waals surface area contributed by atoms with Gasteiger partial charge in [0.2, 0.25) is 10.0 Å². The van der Waals surface area contributed by atoms with Crippen molar-refractivity contribution in [3.8, 4) is 0 Å². The lowest BCUT2D eigenvalue weighted by Crippen LogP contribution is -2.31. The molecule has 1 heterocycles. The Balaban J connectivity index is 2.76. The lowest BCUT2D eigenvalue weighted by molar-refractivity contribution is -0.137. The molecule has 18 heavy (non-hydrogen) atoms. The number of halogens is 1. The second-order valence-electron chi connectivity index (χ2n) is 3.65. The molecule has 8 heteroatoms. The third-order valence-corrected chi connectivity index (χ3v) is 4.86. The van der Waals surface area contributed by atoms with Crippen LogP contribution in [0.2, 0.25) is 0 Å². The number of alkyl halides is 1. The summed E-state index contributed by atoms with van der Waals surface area (Å²) in [5.74, 6) is -0.893. The predicted molar refractivity (Wildman–Crippen MR) is 71.6 cm³/mol. The highest BCUT2D eigenvalue weighted by molar-refractivity contribution is 7.89. The van der Waals surface area contributed by atoms with Crippen molar-refractivity contribution >= 4 is 38.9 Å². The van der Waals surface area contributed by atoms with E-state index in [-0.39, 0.29) is 18.1 Å². The van der Waals surface area contributed by atoms with Crippen LogP contribution in [0.1, 0.15) is 23.8 Å². The fourth-order valence-electron chi connectivity index (χ4n) is 1.38. The Kier molecular flexibility index (Phi) is 6.07. The van der Waals surface area contributed by atoms with Gasteiger partial charge in [-0.15, -0.1) is 22.9 Å². The van der Waals surface area contributed by atoms with Gasteiger partial charge in [0.05, 0.1) is 18.2 Å². The lowest BCUT2D eigenvalue weighted by Gasteiger charge is -2.15. The average molecular weight is 312 g/mol. The first-order chi connectivity index (χ1) is 8.44. The highest BCUT2D eigenvalue weighted by Gasteiger charge is 2.22. The minimum atomic E-state index is -3.51. The highest BCUT2D eigenvalue weighted by Crippen LogP contribution is 2.23. The monoisotopic (exact) mass is 311 g/mol. The van der Waals surface area contributed by atoms with Gasteiger partial charge >= 0.3 is 5.97 Å². The van der Waals surface area contributed by atoms with Crippen molar-refractivity contribution in [2.45, 2.75) is 18.9 Å². The second-order valence-corrected chi connectivity index (χ2v) is 6.88. The first-order valence-electron chi connectivity index (χ1n) is 5.26. The van der Waals surface area contributed by atoms with Gasteiger partial charge in [-0.1, -0.05) is 6.07 Å². The zero-order chi connectivity index (χ0) is 13.6. The molecular weight excluding hydrogens is 298 g/mol. The maximum absolute atomic E-state index is 11.7. The number of aliphatic carboxylic acids is 1. The molecule has 0 aliphatic heterocycles. The van der Waals surface area contributed by atoms with E-state index < -0.39 is 22.0 Å². The molecule has 1 rings (SSSR count). The fourth-order valence-corrected chi connectivity index (χ4v) is 3.82. The quantitative estimate of drug-likeness (QED) is 0.717. The van der Waals surface area contributed by atoms with Gasteiger partial charge < -0.3 is 5.11 Å². The molecule has 1 aromatic rings. The van der Waals surface area contributed by atoms with Crippen molar-refractivity contribution in [2.24, 2.45) is 0 Å². The van der Waals surface area contributed by atoms with Crippen LogP contribution in [0.5, 0.6) is 0 Å². The molecule has 0 amide bonds. The second kappa shape index (κ2) is 7.08. The zero-order valence-corrected chi connectivity index (χ0v) is 11.9. The van der Waals surface area contributed by atoms with E-state index in [4.69, 9.17) is 16.7 Å². The average Bonchev–Trinajstić information content (AvgIpc) is 2.78. The van der Waals surface area contributed by atoms with Crippen LogP contribution in [0.4, 0.5) is 0 Å². The third-order valence-electron chi connectivity index (χ3n) is 2.13. The molecule has 5 nitrogen and oxygen atoms in total. The van der Waals surface area contributed by atoms with Crippen LogP contribution < -0.4 is 4.72 Å². The lowest BCUT2D eigenvalue weighted by atomic mass is 10.2. The van der Waals surface area contributed by atoms with Crippen molar-refractivity contribution in [3.05, 3.63) is 22.4 Å². The van der Waals surface area contributed by atoms with Crippen molar-refractivity contribution in [1.82, 2.24) is 4.72 Å². The van der Waals surface area contributed by atoms with Crippen LogP contribution >= 0.6 is 22.9 Å². The molecule has 1 atom stereocenters. The van der Waals surface area contributed by atoms with Crippen LogP contribution in [-0.2, 0) is 14.8 Å². The maximum atomic E-state index is 11.7. The first kappa shape index (κ1) is 15.4. The summed E-state index contributed by atoms with van der Waals surface area (Å²) in [6, 6.07) is 2.74. The smallest absolute Gasteiger partial charge is 0.305 e. The van der Waals surface area contributed by atoms with Gasteiger partial charge in [-0.3, -0.25) is 4.79 Å². The number of nitrogens with one attached hydrogen (secondary N) is 1. The summed E-state index contributed by atoms with van der Waals surface area (Å²) in [4.78, 5) is 11.4. The van der Waals surface area contributed by atoms with Gasteiger partial charge in [-0.05, 0) is 17.9 Å². The SMILES string of the molecule is O=C(O)CC(NS(=O)(=O)CCCCl)c1cccs1. The molecule has 0 spiro atoms. The summed E-state index contributed by atoms with van der Waals surface area (Å²) in [5.41, 5.74) is 0. The molecular formula is C10H14ClNO4S2. The number of rotatable bonds is 8. The van der Waals surface area contributed by atoms with Crippen molar-refractivity contribution in [1.29, 1.82) is 0 Å². The maximum Gasteiger partial charge on any atom is 0.305 e. The number of hydrogen-bond acceptors (Lipinski definition) is 4. The molecule has 0 bridgehead atoms. The molecule has 0 aliphatic rings. The van der Waals surface area contributed by atoms with E-state index in [1.54, 1.807) is 17.5 Å². The number of carboxylic acids is 1. The molecule has 0 radical (unpaired) electrons. The summed E-state index contributed by atoms with van der Waals surface area (Å²) in [6.45, 7) is 0. The predicted octanol–water partition coefficient (Wildman–Crippen LogP) is 1.81. The summed E-state index contributed by atoms with van der Waals surface area (Å²) in [7, 11) is -3.51. The van der Waals surface area contributed by atoms with Crippen molar-refractivity contribution in [2.75, 3.05) is 11.6 Å². The van der Waals surface area contributed by atoms with Crippen LogP contribution in [0, 0.1) is 0 Å². The molecule has 0 saturated carbocycles. The molecule has 1 unspecified atom stereocenters. The van der Waals surface area contributed by atoms with Gasteiger partial charge in [0.1, 0.15) is 0 Å². The third kappa shape index (κ3) is 5.34. The van der Waals surface area contributed by atoms with Gasteiger partial charge in [-0.2, -0.15) is 0 Å². The van der Waals surface area contributed by atoms with Gasteiger partial charge in [0, 0.05) is 10.8 Å². The molecule has 0 aliphatic carbocycles.